The predicted octanol–water partition coefficient (Wildman–Crippen LogP) is 3.97. The smallest absolute Gasteiger partial charge is 0.253 e. The summed E-state index contributed by atoms with van der Waals surface area (Å²) in [5.74, 6) is -0.878. The second kappa shape index (κ2) is 13.0. The van der Waals surface area contributed by atoms with Crippen molar-refractivity contribution in [3.8, 4) is 0 Å². The molecule has 9 heteroatoms. The second-order valence-corrected chi connectivity index (χ2v) is 10.8. The van der Waals surface area contributed by atoms with Gasteiger partial charge < -0.3 is 26.2 Å². The molecule has 8 nitrogen and oxygen atoms in total. The van der Waals surface area contributed by atoms with Crippen LogP contribution in [0.4, 0.5) is 15.8 Å². The van der Waals surface area contributed by atoms with E-state index >= 15 is 0 Å². The Morgan fingerprint density at radius 3 is 2.17 bits per heavy atom. The van der Waals surface area contributed by atoms with Crippen LogP contribution in [-0.4, -0.2) is 60.9 Å². The Hall–Kier alpha value is -4.24. The van der Waals surface area contributed by atoms with Crippen LogP contribution in [0.15, 0.2) is 72.8 Å². The van der Waals surface area contributed by atoms with Crippen LogP contribution in [0.25, 0.3) is 0 Å². The third kappa shape index (κ3) is 7.29. The number of anilines is 2. The van der Waals surface area contributed by atoms with Crippen molar-refractivity contribution in [2.24, 2.45) is 5.73 Å². The summed E-state index contributed by atoms with van der Waals surface area (Å²) in [6, 6.07) is 20.7. The summed E-state index contributed by atoms with van der Waals surface area (Å²) in [6.07, 6.45) is 3.69. The number of benzene rings is 3. The van der Waals surface area contributed by atoms with Crippen LogP contribution >= 0.6 is 0 Å². The van der Waals surface area contributed by atoms with Crippen molar-refractivity contribution in [1.29, 1.82) is 0 Å². The van der Waals surface area contributed by atoms with Crippen LogP contribution in [0.2, 0.25) is 0 Å². The van der Waals surface area contributed by atoms with Crippen molar-refractivity contribution in [2.75, 3.05) is 36.4 Å². The highest BCUT2D eigenvalue weighted by Gasteiger charge is 2.26. The lowest BCUT2D eigenvalue weighted by molar-refractivity contribution is -0.115. The largest absolute Gasteiger partial charge is 0.366 e. The van der Waals surface area contributed by atoms with Crippen molar-refractivity contribution < 1.29 is 18.8 Å². The number of carbonyl (C=O) groups excluding carboxylic acids is 3. The molecule has 214 valence electrons. The van der Waals surface area contributed by atoms with Crippen LogP contribution in [0, 0.1) is 5.82 Å². The quantitative estimate of drug-likeness (QED) is 0.408. The number of amides is 3. The van der Waals surface area contributed by atoms with Gasteiger partial charge in [0.25, 0.3) is 11.8 Å². The number of nitrogens with one attached hydrogen (secondary N) is 2. The Labute approximate surface area is 239 Å². The van der Waals surface area contributed by atoms with E-state index in [1.165, 1.54) is 24.3 Å². The molecule has 0 radical (unpaired) electrons. The molecule has 4 N–H and O–H groups in total. The molecule has 1 aliphatic heterocycles. The molecule has 0 bridgehead atoms. The molecule has 0 unspecified atom stereocenters. The number of hydrogen-bond donors (Lipinski definition) is 3. The molecule has 1 aliphatic carbocycles. The Balaban J connectivity index is 1.31. The van der Waals surface area contributed by atoms with Crippen molar-refractivity contribution >= 4 is 29.1 Å². The molecule has 0 aromatic heterocycles. The molecular formula is C32H36FN5O3. The van der Waals surface area contributed by atoms with Crippen molar-refractivity contribution in [1.82, 2.24) is 10.2 Å². The number of nitrogens with two attached hydrogens (primary N) is 1. The molecule has 0 atom stereocenters. The van der Waals surface area contributed by atoms with E-state index < -0.39 is 0 Å². The normalized spacial score (nSPS) is 19.0. The highest BCUT2D eigenvalue weighted by molar-refractivity contribution is 6.00. The SMILES string of the molecule is NC1CCC(NC(=O)c2ccc(N3CCN(C(=O)c4ccc(F)cc4)CC3)c(NC(=O)Cc3ccccc3)c2)CC1. The van der Waals surface area contributed by atoms with Gasteiger partial charge in [0.1, 0.15) is 5.82 Å². The summed E-state index contributed by atoms with van der Waals surface area (Å²) in [5.41, 5.74) is 9.18. The average Bonchev–Trinajstić information content (AvgIpc) is 2.99. The average molecular weight is 558 g/mol. The minimum atomic E-state index is -0.381. The maximum Gasteiger partial charge on any atom is 0.253 e. The molecule has 3 aromatic rings. The minimum Gasteiger partial charge on any atom is -0.366 e. The van der Waals surface area contributed by atoms with Gasteiger partial charge in [-0.25, -0.2) is 4.39 Å². The summed E-state index contributed by atoms with van der Waals surface area (Å²) in [5, 5.41) is 6.16. The number of halogens is 1. The third-order valence-electron chi connectivity index (χ3n) is 7.85. The lowest BCUT2D eigenvalue weighted by Crippen LogP contribution is -2.49. The lowest BCUT2D eigenvalue weighted by atomic mass is 9.91. The summed E-state index contributed by atoms with van der Waals surface area (Å²) < 4.78 is 13.3. The Bertz CT molecular complexity index is 1370. The zero-order valence-electron chi connectivity index (χ0n) is 23.0. The van der Waals surface area contributed by atoms with Gasteiger partial charge in [0.15, 0.2) is 0 Å². The maximum atomic E-state index is 13.3. The van der Waals surface area contributed by atoms with Gasteiger partial charge in [-0.2, -0.15) is 0 Å². The molecule has 41 heavy (non-hydrogen) atoms. The van der Waals surface area contributed by atoms with Gasteiger partial charge in [0, 0.05) is 49.4 Å². The molecule has 1 saturated carbocycles. The fourth-order valence-electron chi connectivity index (χ4n) is 5.49. The molecule has 1 saturated heterocycles. The van der Waals surface area contributed by atoms with E-state index in [1.54, 1.807) is 17.0 Å². The zero-order valence-corrected chi connectivity index (χ0v) is 23.0. The van der Waals surface area contributed by atoms with Crippen LogP contribution in [0.1, 0.15) is 52.0 Å². The van der Waals surface area contributed by atoms with Crippen molar-refractivity contribution in [3.63, 3.8) is 0 Å². The van der Waals surface area contributed by atoms with E-state index in [0.29, 0.717) is 43.0 Å². The van der Waals surface area contributed by atoms with E-state index in [2.05, 4.69) is 15.5 Å². The Morgan fingerprint density at radius 1 is 0.829 bits per heavy atom. The molecule has 0 spiro atoms. The monoisotopic (exact) mass is 557 g/mol. The second-order valence-electron chi connectivity index (χ2n) is 10.8. The van der Waals surface area contributed by atoms with Crippen LogP contribution < -0.4 is 21.3 Å². The van der Waals surface area contributed by atoms with Gasteiger partial charge >= 0.3 is 0 Å². The minimum absolute atomic E-state index is 0.0878. The number of rotatable bonds is 7. The lowest BCUT2D eigenvalue weighted by Gasteiger charge is -2.37. The molecule has 3 amide bonds. The van der Waals surface area contributed by atoms with Gasteiger partial charge in [0.2, 0.25) is 5.91 Å². The Morgan fingerprint density at radius 2 is 1.49 bits per heavy atom. The van der Waals surface area contributed by atoms with E-state index in [-0.39, 0.29) is 42.0 Å². The molecule has 3 aromatic carbocycles. The molecule has 2 fully saturated rings. The molecule has 2 aliphatic rings. The summed E-state index contributed by atoms with van der Waals surface area (Å²) in [7, 11) is 0. The van der Waals surface area contributed by atoms with Gasteiger partial charge in [-0.1, -0.05) is 30.3 Å². The zero-order chi connectivity index (χ0) is 28.8. The summed E-state index contributed by atoms with van der Waals surface area (Å²) >= 11 is 0. The predicted molar refractivity (Wildman–Crippen MR) is 157 cm³/mol. The molecule has 5 rings (SSSR count). The standard InChI is InChI=1S/C32H36FN5O3/c33-25-9-6-23(7-10-25)32(41)38-18-16-37(17-19-38)29-15-8-24(31(40)35-27-13-11-26(34)12-14-27)21-28(29)36-30(39)20-22-4-2-1-3-5-22/h1-10,15,21,26-27H,11-14,16-20,34H2,(H,35,40)(H,36,39). The van der Waals surface area contributed by atoms with E-state index in [4.69, 9.17) is 5.73 Å². The van der Waals surface area contributed by atoms with E-state index in [0.717, 1.165) is 36.9 Å². The van der Waals surface area contributed by atoms with Crippen molar-refractivity contribution in [2.45, 2.75) is 44.2 Å². The van der Waals surface area contributed by atoms with Gasteiger partial charge in [-0.05, 0) is 73.7 Å². The fourth-order valence-corrected chi connectivity index (χ4v) is 5.49. The first-order valence-electron chi connectivity index (χ1n) is 14.2. The first-order chi connectivity index (χ1) is 19.9. The number of nitrogens with zero attached hydrogens (tertiary/aromatic N) is 2. The molecule has 1 heterocycles. The topological polar surface area (TPSA) is 108 Å². The van der Waals surface area contributed by atoms with Crippen LogP contribution in [-0.2, 0) is 11.2 Å². The highest BCUT2D eigenvalue weighted by Crippen LogP contribution is 2.29. The summed E-state index contributed by atoms with van der Waals surface area (Å²) in [4.78, 5) is 43.0. The maximum absolute atomic E-state index is 13.3. The van der Waals surface area contributed by atoms with Crippen molar-refractivity contribution in [3.05, 3.63) is 95.3 Å². The van der Waals surface area contributed by atoms with Crippen LogP contribution in [0.5, 0.6) is 0 Å². The number of carbonyl (C=O) groups is 3. The number of piperazine rings is 1. The first-order valence-corrected chi connectivity index (χ1v) is 14.2. The highest BCUT2D eigenvalue weighted by atomic mass is 19.1. The third-order valence-corrected chi connectivity index (χ3v) is 7.85. The molecular weight excluding hydrogens is 521 g/mol. The first kappa shape index (κ1) is 28.3. The van der Waals surface area contributed by atoms with E-state index in [1.807, 2.05) is 36.4 Å². The summed E-state index contributed by atoms with van der Waals surface area (Å²) in [6.45, 7) is 2.03. The van der Waals surface area contributed by atoms with Gasteiger partial charge in [0.05, 0.1) is 17.8 Å². The fraction of sp³-hybridized carbons (Fsp3) is 0.344. The Kier molecular flexibility index (Phi) is 8.94. The van der Waals surface area contributed by atoms with Crippen LogP contribution in [0.3, 0.4) is 0 Å². The number of hydrogen-bond acceptors (Lipinski definition) is 5. The van der Waals surface area contributed by atoms with Gasteiger partial charge in [-0.15, -0.1) is 0 Å². The van der Waals surface area contributed by atoms with Gasteiger partial charge in [-0.3, -0.25) is 14.4 Å². The van der Waals surface area contributed by atoms with E-state index in [9.17, 15) is 18.8 Å².